The summed E-state index contributed by atoms with van der Waals surface area (Å²) in [6.07, 6.45) is 3.92. The Hall–Kier alpha value is -4.06. The zero-order chi connectivity index (χ0) is 25.8. The minimum absolute atomic E-state index is 0.0406. The van der Waals surface area contributed by atoms with Crippen molar-refractivity contribution in [2.24, 2.45) is 0 Å². The number of carbonyl (C=O) groups is 1. The van der Waals surface area contributed by atoms with E-state index in [-0.39, 0.29) is 11.8 Å². The largest absolute Gasteiger partial charge is 0.493 e. The van der Waals surface area contributed by atoms with Crippen molar-refractivity contribution in [3.8, 4) is 11.5 Å². The highest BCUT2D eigenvalue weighted by atomic mass is 16.5. The van der Waals surface area contributed by atoms with Gasteiger partial charge in [0.1, 0.15) is 5.82 Å². The summed E-state index contributed by atoms with van der Waals surface area (Å²) in [7, 11) is 1.66. The third-order valence-corrected chi connectivity index (χ3v) is 6.88. The third-order valence-electron chi connectivity index (χ3n) is 6.88. The first-order chi connectivity index (χ1) is 18.1. The summed E-state index contributed by atoms with van der Waals surface area (Å²) in [6.45, 7) is 7.78. The van der Waals surface area contributed by atoms with Gasteiger partial charge in [-0.3, -0.25) is 4.79 Å². The van der Waals surface area contributed by atoms with E-state index >= 15 is 0 Å². The maximum absolute atomic E-state index is 13.0. The number of amides is 1. The number of hydrogen-bond donors (Lipinski definition) is 0. The van der Waals surface area contributed by atoms with E-state index in [0.29, 0.717) is 19.6 Å². The standard InChI is InChI=1S/C31H33N3O3/c1-4-9-23-14-15-28(29(19-23)36-3)37-17-8-16-33-27-13-6-5-12-26(27)32-31(33)24-20-30(35)34(21-24)25-11-7-10-22(2)18-25/h4-7,10-15,18-19,24H,1,8-9,16-17,20-21H2,2-3H3. The van der Waals surface area contributed by atoms with Gasteiger partial charge in [0, 0.05) is 31.1 Å². The molecule has 0 radical (unpaired) electrons. The average Bonchev–Trinajstić information content (AvgIpc) is 3.47. The van der Waals surface area contributed by atoms with Crippen molar-refractivity contribution in [2.75, 3.05) is 25.2 Å². The number of ether oxygens (including phenoxy) is 2. The number of methoxy groups -OCH3 is 1. The molecule has 37 heavy (non-hydrogen) atoms. The van der Waals surface area contributed by atoms with Crippen LogP contribution in [0.4, 0.5) is 5.69 Å². The van der Waals surface area contributed by atoms with Crippen LogP contribution in [0, 0.1) is 6.92 Å². The van der Waals surface area contributed by atoms with Gasteiger partial charge < -0.3 is 18.9 Å². The van der Waals surface area contributed by atoms with E-state index in [1.807, 2.05) is 72.5 Å². The lowest BCUT2D eigenvalue weighted by atomic mass is 10.1. The van der Waals surface area contributed by atoms with Crippen LogP contribution in [0.15, 0.2) is 79.4 Å². The summed E-state index contributed by atoms with van der Waals surface area (Å²) < 4.78 is 13.9. The van der Waals surface area contributed by atoms with Gasteiger partial charge in [-0.1, -0.05) is 36.4 Å². The number of carbonyl (C=O) groups excluding carboxylic acids is 1. The van der Waals surface area contributed by atoms with Gasteiger partial charge in [0.2, 0.25) is 5.91 Å². The Labute approximate surface area is 218 Å². The molecule has 0 spiro atoms. The smallest absolute Gasteiger partial charge is 0.227 e. The molecule has 6 heteroatoms. The number of hydrogen-bond acceptors (Lipinski definition) is 4. The molecule has 0 aliphatic carbocycles. The van der Waals surface area contributed by atoms with Gasteiger partial charge in [0.25, 0.3) is 0 Å². The molecule has 1 saturated heterocycles. The topological polar surface area (TPSA) is 56.6 Å². The van der Waals surface area contributed by atoms with Crippen molar-refractivity contribution in [3.05, 3.63) is 96.3 Å². The van der Waals surface area contributed by atoms with Gasteiger partial charge in [0.05, 0.1) is 24.8 Å². The summed E-state index contributed by atoms with van der Waals surface area (Å²) in [4.78, 5) is 19.9. The molecule has 1 aliphatic rings. The molecule has 1 amide bonds. The first-order valence-electron chi connectivity index (χ1n) is 12.8. The first kappa shape index (κ1) is 24.6. The molecule has 3 aromatic carbocycles. The molecule has 6 nitrogen and oxygen atoms in total. The fraction of sp³-hybridized carbons (Fsp3) is 0.290. The number of benzene rings is 3. The second-order valence-corrected chi connectivity index (χ2v) is 9.53. The van der Waals surface area contributed by atoms with Crippen LogP contribution in [-0.4, -0.2) is 35.7 Å². The van der Waals surface area contributed by atoms with E-state index in [1.54, 1.807) is 7.11 Å². The Morgan fingerprint density at radius 1 is 1.08 bits per heavy atom. The Balaban J connectivity index is 1.32. The number of aromatic nitrogens is 2. The monoisotopic (exact) mass is 495 g/mol. The lowest BCUT2D eigenvalue weighted by molar-refractivity contribution is -0.117. The second-order valence-electron chi connectivity index (χ2n) is 9.53. The van der Waals surface area contributed by atoms with Crippen molar-refractivity contribution < 1.29 is 14.3 Å². The van der Waals surface area contributed by atoms with Crippen LogP contribution in [0.25, 0.3) is 11.0 Å². The summed E-state index contributed by atoms with van der Waals surface area (Å²) in [5, 5.41) is 0. The van der Waals surface area contributed by atoms with Crippen molar-refractivity contribution in [3.63, 3.8) is 0 Å². The molecule has 0 saturated carbocycles. The number of allylic oxidation sites excluding steroid dienone is 1. The third kappa shape index (κ3) is 5.24. The van der Waals surface area contributed by atoms with Gasteiger partial charge >= 0.3 is 0 Å². The van der Waals surface area contributed by atoms with Crippen molar-refractivity contribution in [2.45, 2.75) is 38.6 Å². The van der Waals surface area contributed by atoms with Crippen molar-refractivity contribution in [1.29, 1.82) is 0 Å². The molecule has 190 valence electrons. The molecule has 1 fully saturated rings. The van der Waals surface area contributed by atoms with Gasteiger partial charge in [-0.05, 0) is 67.3 Å². The Morgan fingerprint density at radius 3 is 2.76 bits per heavy atom. The fourth-order valence-corrected chi connectivity index (χ4v) is 5.10. The van der Waals surface area contributed by atoms with E-state index in [9.17, 15) is 4.79 Å². The van der Waals surface area contributed by atoms with E-state index in [1.165, 1.54) is 0 Å². The van der Waals surface area contributed by atoms with Crippen molar-refractivity contribution >= 4 is 22.6 Å². The fourth-order valence-electron chi connectivity index (χ4n) is 5.10. The zero-order valence-electron chi connectivity index (χ0n) is 21.5. The molecule has 1 aliphatic heterocycles. The lowest BCUT2D eigenvalue weighted by Gasteiger charge is -2.18. The quantitative estimate of drug-likeness (QED) is 0.198. The summed E-state index contributed by atoms with van der Waals surface area (Å²) in [6, 6.07) is 22.3. The average molecular weight is 496 g/mol. The van der Waals surface area contributed by atoms with Crippen LogP contribution in [0.5, 0.6) is 11.5 Å². The molecule has 2 heterocycles. The molecule has 4 aromatic rings. The number of imidazole rings is 1. The first-order valence-corrected chi connectivity index (χ1v) is 12.8. The molecule has 0 bridgehead atoms. The van der Waals surface area contributed by atoms with E-state index in [0.717, 1.165) is 64.6 Å². The second kappa shape index (κ2) is 10.9. The highest BCUT2D eigenvalue weighted by Crippen LogP contribution is 2.34. The Bertz CT molecular complexity index is 1420. The minimum Gasteiger partial charge on any atom is -0.493 e. The maximum atomic E-state index is 13.0. The normalized spacial score (nSPS) is 15.4. The predicted molar refractivity (Wildman–Crippen MR) is 148 cm³/mol. The Kier molecular flexibility index (Phi) is 7.26. The van der Waals surface area contributed by atoms with Crippen molar-refractivity contribution in [1.82, 2.24) is 9.55 Å². The molecule has 1 aromatic heterocycles. The van der Waals surface area contributed by atoms with E-state index in [2.05, 4.69) is 23.3 Å². The number of rotatable bonds is 10. The van der Waals surface area contributed by atoms with Crippen LogP contribution in [-0.2, 0) is 17.8 Å². The van der Waals surface area contributed by atoms with Gasteiger partial charge in [-0.15, -0.1) is 6.58 Å². The molecule has 1 atom stereocenters. The minimum atomic E-state index is 0.0406. The van der Waals surface area contributed by atoms with Crippen LogP contribution in [0.3, 0.4) is 0 Å². The number of anilines is 1. The maximum Gasteiger partial charge on any atom is 0.227 e. The molecule has 5 rings (SSSR count). The van der Waals surface area contributed by atoms with E-state index in [4.69, 9.17) is 14.5 Å². The molecular formula is C31H33N3O3. The number of para-hydroxylation sites is 2. The van der Waals surface area contributed by atoms with Crippen LogP contribution >= 0.6 is 0 Å². The summed E-state index contributed by atoms with van der Waals surface area (Å²) in [5.41, 5.74) is 5.29. The SMILES string of the molecule is C=CCc1ccc(OCCCn2c(C3CC(=O)N(c4cccc(C)c4)C3)nc3ccccc32)c(OC)c1. The summed E-state index contributed by atoms with van der Waals surface area (Å²) in [5.74, 6) is 2.62. The molecule has 1 unspecified atom stereocenters. The highest BCUT2D eigenvalue weighted by molar-refractivity contribution is 5.96. The van der Waals surface area contributed by atoms with Gasteiger partial charge in [-0.2, -0.15) is 0 Å². The van der Waals surface area contributed by atoms with Crippen LogP contribution in [0.1, 0.15) is 35.7 Å². The Morgan fingerprint density at radius 2 is 1.95 bits per heavy atom. The zero-order valence-corrected chi connectivity index (χ0v) is 21.5. The lowest BCUT2D eigenvalue weighted by Crippen LogP contribution is -2.24. The molecule has 0 N–H and O–H groups in total. The number of aryl methyl sites for hydroxylation is 2. The number of nitrogens with zero attached hydrogens (tertiary/aromatic N) is 3. The van der Waals surface area contributed by atoms with E-state index < -0.39 is 0 Å². The van der Waals surface area contributed by atoms with Crippen LogP contribution < -0.4 is 14.4 Å². The summed E-state index contributed by atoms with van der Waals surface area (Å²) >= 11 is 0. The predicted octanol–water partition coefficient (Wildman–Crippen LogP) is 6.07. The van der Waals surface area contributed by atoms with Gasteiger partial charge in [-0.25, -0.2) is 4.98 Å². The van der Waals surface area contributed by atoms with Crippen LogP contribution in [0.2, 0.25) is 0 Å². The highest BCUT2D eigenvalue weighted by Gasteiger charge is 2.34. The molecular weight excluding hydrogens is 462 g/mol. The van der Waals surface area contributed by atoms with Gasteiger partial charge in [0.15, 0.2) is 11.5 Å². The number of fused-ring (bicyclic) bond motifs is 1.